The number of guanidine groups is 1. The van der Waals surface area contributed by atoms with Crippen LogP contribution >= 0.6 is 24.0 Å². The maximum atomic E-state index is 10.9. The van der Waals surface area contributed by atoms with Crippen molar-refractivity contribution in [3.05, 3.63) is 75.8 Å². The Morgan fingerprint density at radius 2 is 1.93 bits per heavy atom. The van der Waals surface area contributed by atoms with Crippen LogP contribution in [-0.4, -0.2) is 41.5 Å². The molecule has 0 radical (unpaired) electrons. The number of benzene rings is 2. The zero-order chi connectivity index (χ0) is 19.9. The van der Waals surface area contributed by atoms with Gasteiger partial charge in [-0.2, -0.15) is 0 Å². The van der Waals surface area contributed by atoms with Crippen LogP contribution in [0.1, 0.15) is 24.5 Å². The van der Waals surface area contributed by atoms with Gasteiger partial charge < -0.3 is 10.6 Å². The van der Waals surface area contributed by atoms with Crippen LogP contribution in [0, 0.1) is 10.1 Å². The van der Waals surface area contributed by atoms with E-state index in [1.54, 1.807) is 19.2 Å². The zero-order valence-corrected chi connectivity index (χ0v) is 19.1. The number of hydrogen-bond acceptors (Lipinski definition) is 4. The van der Waals surface area contributed by atoms with Crippen LogP contribution in [0.5, 0.6) is 0 Å². The lowest BCUT2D eigenvalue weighted by Crippen LogP contribution is -2.44. The fourth-order valence-electron chi connectivity index (χ4n) is 3.60. The number of non-ortho nitro benzene ring substituents is 1. The summed E-state index contributed by atoms with van der Waals surface area (Å²) in [6, 6.07) is 18.0. The van der Waals surface area contributed by atoms with Gasteiger partial charge in [0.25, 0.3) is 5.69 Å². The highest BCUT2D eigenvalue weighted by atomic mass is 127. The van der Waals surface area contributed by atoms with Gasteiger partial charge in [-0.05, 0) is 24.5 Å². The van der Waals surface area contributed by atoms with E-state index in [4.69, 9.17) is 0 Å². The molecule has 8 heteroatoms. The normalized spacial score (nSPS) is 19.4. The summed E-state index contributed by atoms with van der Waals surface area (Å²) in [5.74, 6) is 0.713. The minimum atomic E-state index is -0.377. The van der Waals surface area contributed by atoms with Gasteiger partial charge in [0.2, 0.25) is 0 Å². The molecule has 0 aliphatic carbocycles. The maximum Gasteiger partial charge on any atom is 0.269 e. The first-order valence-corrected chi connectivity index (χ1v) is 9.53. The molecule has 1 aliphatic rings. The lowest BCUT2D eigenvalue weighted by atomic mass is 10.2. The topological polar surface area (TPSA) is 82.8 Å². The summed E-state index contributed by atoms with van der Waals surface area (Å²) in [6.07, 6.45) is 1.05. The monoisotopic (exact) mass is 509 g/mol. The summed E-state index contributed by atoms with van der Waals surface area (Å²) in [5.41, 5.74) is 2.27. The second-order valence-corrected chi connectivity index (χ2v) is 7.19. The number of rotatable bonds is 6. The van der Waals surface area contributed by atoms with Gasteiger partial charge in [-0.25, -0.2) is 0 Å². The molecule has 2 atom stereocenters. The molecule has 0 bridgehead atoms. The highest BCUT2D eigenvalue weighted by Crippen LogP contribution is 2.20. The predicted molar refractivity (Wildman–Crippen MR) is 127 cm³/mol. The van der Waals surface area contributed by atoms with Crippen LogP contribution in [0.25, 0.3) is 0 Å². The van der Waals surface area contributed by atoms with Crippen molar-refractivity contribution in [1.29, 1.82) is 0 Å². The number of likely N-dealkylation sites (tertiary alicyclic amines) is 1. The summed E-state index contributed by atoms with van der Waals surface area (Å²) in [7, 11) is 1.74. The first kappa shape index (κ1) is 23.1. The van der Waals surface area contributed by atoms with Crippen LogP contribution in [0.4, 0.5) is 5.69 Å². The number of nitro groups is 1. The fraction of sp³-hybridized carbons (Fsp3) is 0.381. The molecule has 0 saturated carbocycles. The van der Waals surface area contributed by atoms with Gasteiger partial charge in [0.1, 0.15) is 0 Å². The molecule has 1 saturated heterocycles. The van der Waals surface area contributed by atoms with Crippen molar-refractivity contribution in [2.75, 3.05) is 13.6 Å². The van der Waals surface area contributed by atoms with E-state index in [1.165, 1.54) is 11.6 Å². The van der Waals surface area contributed by atoms with Crippen molar-refractivity contribution in [2.24, 2.45) is 4.99 Å². The maximum absolute atomic E-state index is 10.9. The summed E-state index contributed by atoms with van der Waals surface area (Å²) in [5, 5.41) is 17.7. The molecule has 0 amide bonds. The molecule has 2 aromatic rings. The minimum absolute atomic E-state index is 0. The molecule has 2 N–H and O–H groups in total. The van der Waals surface area contributed by atoms with Crippen molar-refractivity contribution >= 4 is 35.6 Å². The van der Waals surface area contributed by atoms with Crippen LogP contribution in [-0.2, 0) is 13.1 Å². The summed E-state index contributed by atoms with van der Waals surface area (Å²) in [6.45, 7) is 4.63. The Bertz CT molecular complexity index is 831. The smallest absolute Gasteiger partial charge is 0.269 e. The number of halogens is 1. The Morgan fingerprint density at radius 3 is 2.62 bits per heavy atom. The average molecular weight is 509 g/mol. The van der Waals surface area contributed by atoms with E-state index in [0.29, 0.717) is 24.6 Å². The number of hydrogen-bond donors (Lipinski definition) is 2. The standard InChI is InChI=1S/C21H27N5O2.HI/c1-16-11-19(15-25(16)14-17-7-4-3-5-8-17)24-21(22-2)23-13-18-9-6-10-20(12-18)26(27)28;/h3-10,12,16,19H,11,13-15H2,1-2H3,(H2,22,23,24);1H. The number of aliphatic imine (C=N–C) groups is 1. The number of nitro benzene ring substituents is 1. The lowest BCUT2D eigenvalue weighted by molar-refractivity contribution is -0.384. The van der Waals surface area contributed by atoms with Gasteiger partial charge in [0.15, 0.2) is 5.96 Å². The van der Waals surface area contributed by atoms with Gasteiger partial charge >= 0.3 is 0 Å². The number of nitrogens with one attached hydrogen (secondary N) is 2. The summed E-state index contributed by atoms with van der Waals surface area (Å²) < 4.78 is 0. The summed E-state index contributed by atoms with van der Waals surface area (Å²) in [4.78, 5) is 17.3. The number of nitrogens with zero attached hydrogens (tertiary/aromatic N) is 3. The highest BCUT2D eigenvalue weighted by molar-refractivity contribution is 14.0. The quantitative estimate of drug-likeness (QED) is 0.205. The molecule has 29 heavy (non-hydrogen) atoms. The van der Waals surface area contributed by atoms with Crippen LogP contribution in [0.2, 0.25) is 0 Å². The largest absolute Gasteiger partial charge is 0.352 e. The second kappa shape index (κ2) is 11.1. The highest BCUT2D eigenvalue weighted by Gasteiger charge is 2.29. The predicted octanol–water partition coefficient (Wildman–Crippen LogP) is 3.54. The van der Waals surface area contributed by atoms with E-state index in [2.05, 4.69) is 51.7 Å². The van der Waals surface area contributed by atoms with Crippen LogP contribution < -0.4 is 10.6 Å². The second-order valence-electron chi connectivity index (χ2n) is 7.19. The third-order valence-electron chi connectivity index (χ3n) is 5.08. The van der Waals surface area contributed by atoms with Crippen LogP contribution in [0.15, 0.2) is 59.6 Å². The third kappa shape index (κ3) is 6.67. The van der Waals surface area contributed by atoms with Crippen LogP contribution in [0.3, 0.4) is 0 Å². The van der Waals surface area contributed by atoms with Crippen molar-refractivity contribution in [1.82, 2.24) is 15.5 Å². The summed E-state index contributed by atoms with van der Waals surface area (Å²) >= 11 is 0. The van der Waals surface area contributed by atoms with E-state index in [9.17, 15) is 10.1 Å². The molecule has 156 valence electrons. The molecular weight excluding hydrogens is 481 g/mol. The van der Waals surface area contributed by atoms with Gasteiger partial charge in [-0.3, -0.25) is 20.0 Å². The average Bonchev–Trinajstić information content (AvgIpc) is 3.05. The zero-order valence-electron chi connectivity index (χ0n) is 16.7. The van der Waals surface area contributed by atoms with Gasteiger partial charge in [0.05, 0.1) is 4.92 Å². The Labute approximate surface area is 188 Å². The van der Waals surface area contributed by atoms with Gasteiger partial charge in [-0.1, -0.05) is 42.5 Å². The minimum Gasteiger partial charge on any atom is -0.352 e. The molecule has 2 unspecified atom stereocenters. The Kier molecular flexibility index (Phi) is 8.84. The van der Waals surface area contributed by atoms with Crippen molar-refractivity contribution in [2.45, 2.75) is 38.5 Å². The Balaban J connectivity index is 0.00000300. The van der Waals surface area contributed by atoms with E-state index < -0.39 is 0 Å². The first-order valence-electron chi connectivity index (χ1n) is 9.53. The molecule has 3 rings (SSSR count). The van der Waals surface area contributed by atoms with Crippen molar-refractivity contribution in [3.8, 4) is 0 Å². The Hall–Kier alpha value is -2.20. The van der Waals surface area contributed by atoms with Gasteiger partial charge in [0, 0.05) is 50.9 Å². The van der Waals surface area contributed by atoms with Gasteiger partial charge in [-0.15, -0.1) is 24.0 Å². The molecule has 0 aromatic heterocycles. The third-order valence-corrected chi connectivity index (χ3v) is 5.08. The molecule has 1 fully saturated rings. The van der Waals surface area contributed by atoms with E-state index >= 15 is 0 Å². The van der Waals surface area contributed by atoms with Crippen molar-refractivity contribution in [3.63, 3.8) is 0 Å². The fourth-order valence-corrected chi connectivity index (χ4v) is 3.60. The van der Waals surface area contributed by atoms with E-state index in [-0.39, 0.29) is 34.6 Å². The lowest BCUT2D eigenvalue weighted by Gasteiger charge is -2.21. The molecule has 1 aliphatic heterocycles. The Morgan fingerprint density at radius 1 is 1.21 bits per heavy atom. The molecule has 7 nitrogen and oxygen atoms in total. The van der Waals surface area contributed by atoms with E-state index in [0.717, 1.165) is 25.1 Å². The molecular formula is C21H28IN5O2. The molecule has 1 heterocycles. The van der Waals surface area contributed by atoms with Crippen molar-refractivity contribution < 1.29 is 4.92 Å². The first-order chi connectivity index (χ1) is 13.5. The van der Waals surface area contributed by atoms with E-state index in [1.807, 2.05) is 12.1 Å². The molecule has 2 aromatic carbocycles. The molecule has 0 spiro atoms. The SMILES string of the molecule is CN=C(NCc1cccc([N+](=O)[O-])c1)NC1CC(C)N(Cc2ccccc2)C1.I.